The third kappa shape index (κ3) is 5.42. The van der Waals surface area contributed by atoms with Gasteiger partial charge >= 0.3 is 0 Å². The Bertz CT molecular complexity index is 1750. The van der Waals surface area contributed by atoms with Crippen molar-refractivity contribution < 1.29 is 13.9 Å². The predicted octanol–water partition coefficient (Wildman–Crippen LogP) is 7.38. The molecule has 7 nitrogen and oxygen atoms in total. The number of methoxy groups -OCH3 is 1. The van der Waals surface area contributed by atoms with Crippen LogP contribution in [0.15, 0.2) is 75.0 Å². The zero-order valence-corrected chi connectivity index (χ0v) is 24.2. The number of aromatic nitrogens is 2. The summed E-state index contributed by atoms with van der Waals surface area (Å²) in [6.07, 6.45) is 1.60. The summed E-state index contributed by atoms with van der Waals surface area (Å²) < 4.78 is 19.8. The highest BCUT2D eigenvalue weighted by molar-refractivity contribution is 14.1. The smallest absolute Gasteiger partial charge is 0.282 e. The van der Waals surface area contributed by atoms with Crippen LogP contribution in [0.4, 0.5) is 0 Å². The fraction of sp³-hybridized carbons (Fsp3) is 0.207. The molecule has 0 aliphatic heterocycles. The minimum Gasteiger partial charge on any atom is -0.493 e. The number of benzene rings is 3. The fourth-order valence-electron chi connectivity index (χ4n) is 3.88. The first-order chi connectivity index (χ1) is 18.1. The van der Waals surface area contributed by atoms with Crippen LogP contribution in [0.25, 0.3) is 33.5 Å². The van der Waals surface area contributed by atoms with E-state index >= 15 is 0 Å². The summed E-state index contributed by atoms with van der Waals surface area (Å²) in [5, 5.41) is 6.39. The van der Waals surface area contributed by atoms with Gasteiger partial charge < -0.3 is 13.9 Å². The largest absolute Gasteiger partial charge is 0.493 e. The van der Waals surface area contributed by atoms with Crippen molar-refractivity contribution in [2.24, 2.45) is 10.5 Å². The number of hydrogen-bond acceptors (Lipinski definition) is 6. The van der Waals surface area contributed by atoms with Crippen molar-refractivity contribution in [3.63, 3.8) is 0 Å². The Labute approximate surface area is 238 Å². The maximum atomic E-state index is 13.5. The topological polar surface area (TPSA) is 78.9 Å². The number of para-hydroxylation sites is 1. The van der Waals surface area contributed by atoms with Gasteiger partial charge in [0, 0.05) is 10.4 Å². The van der Waals surface area contributed by atoms with Crippen molar-refractivity contribution in [2.75, 3.05) is 13.7 Å². The number of halogens is 2. The number of fused-ring (bicyclic) bond motifs is 2. The summed E-state index contributed by atoms with van der Waals surface area (Å²) >= 11 is 8.37. The number of nitrogens with zero attached hydrogens (tertiary/aromatic N) is 3. The van der Waals surface area contributed by atoms with Crippen LogP contribution in [0.2, 0.25) is 5.02 Å². The first-order valence-corrected chi connectivity index (χ1v) is 13.3. The third-order valence-corrected chi connectivity index (χ3v) is 6.71. The number of rotatable bonds is 6. The summed E-state index contributed by atoms with van der Waals surface area (Å²) in [6, 6.07) is 18.0. The van der Waals surface area contributed by atoms with E-state index in [-0.39, 0.29) is 16.8 Å². The molecule has 0 radical (unpaired) electrons. The second-order valence-corrected chi connectivity index (χ2v) is 11.6. The highest BCUT2D eigenvalue weighted by Gasteiger charge is 2.18. The predicted molar refractivity (Wildman–Crippen MR) is 160 cm³/mol. The van der Waals surface area contributed by atoms with Gasteiger partial charge in [-0.2, -0.15) is 9.78 Å². The normalized spacial score (nSPS) is 12.1. The van der Waals surface area contributed by atoms with Gasteiger partial charge in [0.25, 0.3) is 5.56 Å². The molecule has 0 aliphatic carbocycles. The molecule has 9 heteroatoms. The van der Waals surface area contributed by atoms with E-state index in [1.165, 1.54) is 4.68 Å². The highest BCUT2D eigenvalue weighted by Crippen LogP contribution is 2.35. The van der Waals surface area contributed by atoms with Crippen LogP contribution in [0.5, 0.6) is 11.5 Å². The first kappa shape index (κ1) is 26.2. The average Bonchev–Trinajstić information content (AvgIpc) is 3.29. The lowest BCUT2D eigenvalue weighted by atomic mass is 9.99. The lowest BCUT2D eigenvalue weighted by Crippen LogP contribution is -2.20. The number of ether oxygens (including phenoxy) is 2. The minimum absolute atomic E-state index is 0.00312. The average molecular weight is 642 g/mol. The summed E-state index contributed by atoms with van der Waals surface area (Å²) in [5.41, 5.74) is 1.60. The Morgan fingerprint density at radius 3 is 2.68 bits per heavy atom. The monoisotopic (exact) mass is 641 g/mol. The SMILES string of the molecule is COc1cc(C=Nn2c(-c3cc4cc(Cl)ccc4o3)nc3ccccc3c2=O)cc(I)c1OCC(C)(C)C. The molecule has 0 atom stereocenters. The fourth-order valence-corrected chi connectivity index (χ4v) is 4.84. The van der Waals surface area contributed by atoms with E-state index in [1.807, 2.05) is 18.2 Å². The molecule has 2 aromatic heterocycles. The van der Waals surface area contributed by atoms with E-state index in [0.717, 1.165) is 14.5 Å². The molecule has 5 rings (SSSR count). The molecule has 194 valence electrons. The zero-order chi connectivity index (χ0) is 27.0. The van der Waals surface area contributed by atoms with Crippen molar-refractivity contribution in [3.05, 3.63) is 85.2 Å². The van der Waals surface area contributed by atoms with E-state index in [2.05, 4.69) is 48.5 Å². The Morgan fingerprint density at radius 2 is 1.92 bits per heavy atom. The molecule has 0 saturated carbocycles. The molecule has 0 bridgehead atoms. The molecule has 38 heavy (non-hydrogen) atoms. The molecule has 0 aliphatic rings. The molecule has 0 spiro atoms. The van der Waals surface area contributed by atoms with Crippen LogP contribution < -0.4 is 15.0 Å². The van der Waals surface area contributed by atoms with Gasteiger partial charge in [-0.15, -0.1) is 0 Å². The Balaban J connectivity index is 1.61. The maximum Gasteiger partial charge on any atom is 0.282 e. The van der Waals surface area contributed by atoms with Crippen molar-refractivity contribution in [1.82, 2.24) is 9.66 Å². The molecular weight excluding hydrogens is 617 g/mol. The minimum atomic E-state index is -0.313. The second kappa shape index (κ2) is 10.4. The molecule has 0 amide bonds. The molecule has 0 saturated heterocycles. The van der Waals surface area contributed by atoms with E-state index in [1.54, 1.807) is 55.8 Å². The molecular formula is C29H25ClIN3O4. The van der Waals surface area contributed by atoms with Gasteiger partial charge in [0.05, 0.1) is 34.4 Å². The van der Waals surface area contributed by atoms with Crippen LogP contribution in [0, 0.1) is 8.99 Å². The maximum absolute atomic E-state index is 13.5. The van der Waals surface area contributed by atoms with Gasteiger partial charge in [0.1, 0.15) is 5.58 Å². The van der Waals surface area contributed by atoms with Crippen molar-refractivity contribution in [2.45, 2.75) is 20.8 Å². The van der Waals surface area contributed by atoms with Gasteiger partial charge in [-0.1, -0.05) is 44.5 Å². The quantitative estimate of drug-likeness (QED) is 0.143. The van der Waals surface area contributed by atoms with E-state index < -0.39 is 0 Å². The van der Waals surface area contributed by atoms with Gasteiger partial charge in [-0.05, 0) is 82.1 Å². The van der Waals surface area contributed by atoms with Crippen LogP contribution in [0.3, 0.4) is 0 Å². The van der Waals surface area contributed by atoms with Crippen LogP contribution >= 0.6 is 34.2 Å². The molecule has 3 aromatic carbocycles. The zero-order valence-electron chi connectivity index (χ0n) is 21.3. The van der Waals surface area contributed by atoms with Gasteiger partial charge in [0.2, 0.25) is 5.82 Å². The standard InChI is InChI=1S/C29H25ClIN3O4/c1-29(2,3)16-37-26-21(31)11-17(12-24(26)36-4)15-32-34-27(33-22-8-6-5-7-20(22)28(34)35)25-14-18-13-19(30)9-10-23(18)38-25/h5-15H,16H2,1-4H3. The van der Waals surface area contributed by atoms with Gasteiger partial charge in [-0.3, -0.25) is 4.79 Å². The lowest BCUT2D eigenvalue weighted by Gasteiger charge is -2.21. The van der Waals surface area contributed by atoms with E-state index in [4.69, 9.17) is 30.5 Å². The highest BCUT2D eigenvalue weighted by atomic mass is 127. The summed E-state index contributed by atoms with van der Waals surface area (Å²) in [5.74, 6) is 1.94. The van der Waals surface area contributed by atoms with Crippen LogP contribution in [0.1, 0.15) is 26.3 Å². The molecule has 2 heterocycles. The van der Waals surface area contributed by atoms with Crippen LogP contribution in [-0.2, 0) is 0 Å². The second-order valence-electron chi connectivity index (χ2n) is 9.99. The van der Waals surface area contributed by atoms with Crippen molar-refractivity contribution >= 4 is 62.3 Å². The van der Waals surface area contributed by atoms with Gasteiger partial charge in [-0.25, -0.2) is 4.98 Å². The van der Waals surface area contributed by atoms with Crippen molar-refractivity contribution in [3.8, 4) is 23.1 Å². The van der Waals surface area contributed by atoms with Crippen molar-refractivity contribution in [1.29, 1.82) is 0 Å². The Hall–Kier alpha value is -3.37. The summed E-state index contributed by atoms with van der Waals surface area (Å²) in [6.45, 7) is 6.86. The lowest BCUT2D eigenvalue weighted by molar-refractivity contribution is 0.190. The van der Waals surface area contributed by atoms with Gasteiger partial charge in [0.15, 0.2) is 17.3 Å². The molecule has 0 N–H and O–H groups in total. The van der Waals surface area contributed by atoms with E-state index in [0.29, 0.717) is 45.4 Å². The van der Waals surface area contributed by atoms with Crippen LogP contribution in [-0.4, -0.2) is 29.6 Å². The number of hydrogen-bond donors (Lipinski definition) is 0. The van der Waals surface area contributed by atoms with E-state index in [9.17, 15) is 4.79 Å². The molecule has 0 fully saturated rings. The first-order valence-electron chi connectivity index (χ1n) is 11.9. The third-order valence-electron chi connectivity index (χ3n) is 5.68. The number of furan rings is 1. The molecule has 0 unspecified atom stereocenters. The summed E-state index contributed by atoms with van der Waals surface area (Å²) in [4.78, 5) is 18.3. The Kier molecular flexibility index (Phi) is 7.19. The molecule has 5 aromatic rings. The Morgan fingerprint density at radius 1 is 1.13 bits per heavy atom. The summed E-state index contributed by atoms with van der Waals surface area (Å²) in [7, 11) is 1.60.